The van der Waals surface area contributed by atoms with Gasteiger partial charge in [0.25, 0.3) is 0 Å². The molecule has 70 valence electrons. The molecule has 0 atom stereocenters. The van der Waals surface area contributed by atoms with Gasteiger partial charge >= 0.3 is 0 Å². The van der Waals surface area contributed by atoms with Crippen LogP contribution in [0.3, 0.4) is 0 Å². The maximum Gasteiger partial charge on any atom is 0.0626 e. The van der Waals surface area contributed by atoms with E-state index in [0.717, 1.165) is 16.7 Å². The van der Waals surface area contributed by atoms with Gasteiger partial charge in [0.15, 0.2) is 0 Å². The molecule has 0 amide bonds. The van der Waals surface area contributed by atoms with Gasteiger partial charge in [0.05, 0.1) is 1.37 Å². The Balaban J connectivity index is 2.58. The van der Waals surface area contributed by atoms with Crippen molar-refractivity contribution in [1.82, 2.24) is 0 Å². The lowest BCUT2D eigenvalue weighted by atomic mass is 10.00. The maximum absolute atomic E-state index is 7.78. The third-order valence-electron chi connectivity index (χ3n) is 2.23. The van der Waals surface area contributed by atoms with Crippen molar-refractivity contribution in [3.05, 3.63) is 60.1 Å². The van der Waals surface area contributed by atoms with Crippen molar-refractivity contribution in [2.75, 3.05) is 0 Å². The van der Waals surface area contributed by atoms with Crippen LogP contribution in [0.1, 0.15) is 6.93 Å². The van der Waals surface area contributed by atoms with Gasteiger partial charge in [-0.1, -0.05) is 54.6 Å². The molecule has 0 bridgehead atoms. The van der Waals surface area contributed by atoms with Crippen molar-refractivity contribution < 1.29 is 1.37 Å². The van der Waals surface area contributed by atoms with Gasteiger partial charge in [0, 0.05) is 6.54 Å². The van der Waals surface area contributed by atoms with E-state index in [-0.39, 0.29) is 0 Å². The Morgan fingerprint density at radius 1 is 1.00 bits per heavy atom. The molecule has 0 aliphatic rings. The highest BCUT2D eigenvalue weighted by Crippen LogP contribution is 2.22. The van der Waals surface area contributed by atoms with E-state index in [1.54, 1.807) is 6.07 Å². The van der Waals surface area contributed by atoms with Crippen LogP contribution < -0.4 is 5.73 Å². The molecule has 2 rings (SSSR count). The smallest absolute Gasteiger partial charge is 0.0626 e. The van der Waals surface area contributed by atoms with Crippen molar-refractivity contribution in [2.45, 2.75) is 6.54 Å². The predicted octanol–water partition coefficient (Wildman–Crippen LogP) is 2.81. The fourth-order valence-electron chi connectivity index (χ4n) is 1.53. The van der Waals surface area contributed by atoms with Gasteiger partial charge in [-0.3, -0.25) is 0 Å². The molecule has 1 nitrogen and oxygen atoms in total. The van der Waals surface area contributed by atoms with Crippen molar-refractivity contribution in [3.8, 4) is 11.1 Å². The molecule has 1 heteroatoms. The van der Waals surface area contributed by atoms with E-state index in [9.17, 15) is 0 Å². The van der Waals surface area contributed by atoms with E-state index >= 15 is 0 Å². The zero-order valence-electron chi connectivity index (χ0n) is 8.90. The summed E-state index contributed by atoms with van der Waals surface area (Å²) in [5.41, 5.74) is 8.75. The lowest BCUT2D eigenvalue weighted by Gasteiger charge is -2.06. The average molecular weight is 184 g/mol. The highest BCUT2D eigenvalue weighted by atomic mass is 14.5. The summed E-state index contributed by atoms with van der Waals surface area (Å²) < 4.78 is 7.78. The summed E-state index contributed by atoms with van der Waals surface area (Å²) in [6.07, 6.45) is 0. The Kier molecular flexibility index (Phi) is 2.26. The molecule has 0 heterocycles. The van der Waals surface area contributed by atoms with Crippen LogP contribution in [0.5, 0.6) is 0 Å². The standard InChI is InChI=1S/C13H13N/c14-10-12-8-4-5-9-13(12)11-6-2-1-3-7-11/h1-9H,10,14H2/i8D. The molecule has 0 saturated carbocycles. The van der Waals surface area contributed by atoms with Crippen LogP contribution >= 0.6 is 0 Å². The molecule has 2 aromatic carbocycles. The third-order valence-corrected chi connectivity index (χ3v) is 2.23. The fraction of sp³-hybridized carbons (Fsp3) is 0.0769. The van der Waals surface area contributed by atoms with E-state index in [0.29, 0.717) is 12.6 Å². The first kappa shape index (κ1) is 7.77. The first-order chi connectivity index (χ1) is 7.33. The van der Waals surface area contributed by atoms with Gasteiger partial charge in [0.1, 0.15) is 0 Å². The first-order valence-corrected chi connectivity index (χ1v) is 4.67. The molecule has 0 aromatic heterocycles. The van der Waals surface area contributed by atoms with Crippen LogP contribution in [0.4, 0.5) is 0 Å². The molecule has 2 aromatic rings. The Hall–Kier alpha value is -1.60. The fourth-order valence-corrected chi connectivity index (χ4v) is 1.53. The summed E-state index contributed by atoms with van der Waals surface area (Å²) in [4.78, 5) is 0. The number of hydrogen-bond acceptors (Lipinski definition) is 1. The van der Waals surface area contributed by atoms with Crippen LogP contribution in [0, 0.1) is 0 Å². The third kappa shape index (κ3) is 1.68. The highest BCUT2D eigenvalue weighted by Gasteiger charge is 2.00. The van der Waals surface area contributed by atoms with Crippen LogP contribution in [-0.4, -0.2) is 0 Å². The van der Waals surface area contributed by atoms with Crippen molar-refractivity contribution >= 4 is 0 Å². The average Bonchev–Trinajstić information content (AvgIpc) is 2.30. The lowest BCUT2D eigenvalue weighted by Crippen LogP contribution is -1.98. The Morgan fingerprint density at radius 2 is 1.71 bits per heavy atom. The van der Waals surface area contributed by atoms with Gasteiger partial charge in [-0.05, 0) is 16.7 Å². The van der Waals surface area contributed by atoms with Crippen molar-refractivity contribution in [3.63, 3.8) is 0 Å². The molecule has 0 spiro atoms. The van der Waals surface area contributed by atoms with Crippen LogP contribution in [0.25, 0.3) is 11.1 Å². The topological polar surface area (TPSA) is 26.0 Å². The normalized spacial score (nSPS) is 11.1. The summed E-state index contributed by atoms with van der Waals surface area (Å²) in [5, 5.41) is 0. The molecule has 0 saturated heterocycles. The number of rotatable bonds is 2. The lowest BCUT2D eigenvalue weighted by molar-refractivity contribution is 1.07. The van der Waals surface area contributed by atoms with E-state index in [4.69, 9.17) is 7.10 Å². The SMILES string of the molecule is [2H]c1cccc(-c2ccccc2)c1CN. The van der Waals surface area contributed by atoms with E-state index in [1.807, 2.05) is 42.5 Å². The second-order valence-corrected chi connectivity index (χ2v) is 3.13. The first-order valence-electron chi connectivity index (χ1n) is 5.17. The minimum Gasteiger partial charge on any atom is -0.326 e. The molecule has 2 N–H and O–H groups in total. The molecule has 0 aliphatic heterocycles. The van der Waals surface area contributed by atoms with Crippen molar-refractivity contribution in [1.29, 1.82) is 0 Å². The van der Waals surface area contributed by atoms with Crippen molar-refractivity contribution in [2.24, 2.45) is 5.73 Å². The van der Waals surface area contributed by atoms with Crippen LogP contribution in [0.2, 0.25) is 0 Å². The van der Waals surface area contributed by atoms with E-state index < -0.39 is 0 Å². The summed E-state index contributed by atoms with van der Waals surface area (Å²) in [5.74, 6) is 0. The maximum atomic E-state index is 7.78. The zero-order chi connectivity index (χ0) is 10.7. The van der Waals surface area contributed by atoms with Crippen LogP contribution in [0.15, 0.2) is 54.6 Å². The second kappa shape index (κ2) is 4.07. The van der Waals surface area contributed by atoms with Gasteiger partial charge in [0.2, 0.25) is 0 Å². The minimum atomic E-state index is 0.407. The number of nitrogens with two attached hydrogens (primary N) is 1. The Morgan fingerprint density at radius 3 is 2.43 bits per heavy atom. The molecule has 0 aliphatic carbocycles. The number of hydrogen-bond donors (Lipinski definition) is 1. The molecule has 0 radical (unpaired) electrons. The Labute approximate surface area is 85.6 Å². The number of benzene rings is 2. The van der Waals surface area contributed by atoms with Gasteiger partial charge in [-0.2, -0.15) is 0 Å². The summed E-state index contributed by atoms with van der Waals surface area (Å²) in [7, 11) is 0. The zero-order valence-corrected chi connectivity index (χ0v) is 7.90. The monoisotopic (exact) mass is 184 g/mol. The van der Waals surface area contributed by atoms with Gasteiger partial charge in [-0.25, -0.2) is 0 Å². The summed E-state index contributed by atoms with van der Waals surface area (Å²) in [6, 6.07) is 16.2. The summed E-state index contributed by atoms with van der Waals surface area (Å²) in [6.45, 7) is 0.407. The van der Waals surface area contributed by atoms with Gasteiger partial charge in [-0.15, -0.1) is 0 Å². The van der Waals surface area contributed by atoms with Gasteiger partial charge < -0.3 is 5.73 Å². The largest absolute Gasteiger partial charge is 0.326 e. The molecule has 0 fully saturated rings. The second-order valence-electron chi connectivity index (χ2n) is 3.13. The molecule has 14 heavy (non-hydrogen) atoms. The molecule has 0 unspecified atom stereocenters. The molecular weight excluding hydrogens is 170 g/mol. The van der Waals surface area contributed by atoms with E-state index in [2.05, 4.69) is 0 Å². The van der Waals surface area contributed by atoms with E-state index in [1.165, 1.54) is 0 Å². The highest BCUT2D eigenvalue weighted by molar-refractivity contribution is 5.67. The predicted molar refractivity (Wildman–Crippen MR) is 59.8 cm³/mol. The Bertz CT molecular complexity index is 451. The minimum absolute atomic E-state index is 0.407. The quantitative estimate of drug-likeness (QED) is 0.763. The molecular formula is C13H13N. The summed E-state index contributed by atoms with van der Waals surface area (Å²) >= 11 is 0. The van der Waals surface area contributed by atoms with Crippen LogP contribution in [-0.2, 0) is 6.54 Å².